The molecule has 2 N–H and O–H groups in total. The zero-order valence-corrected chi connectivity index (χ0v) is 27.0. The van der Waals surface area contributed by atoms with E-state index in [-0.39, 0.29) is 12.2 Å². The van der Waals surface area contributed by atoms with E-state index < -0.39 is 21.0 Å². The van der Waals surface area contributed by atoms with Crippen LogP contribution in [-0.2, 0) is 21.0 Å². The average molecular weight is 651 g/mol. The molecule has 0 saturated heterocycles. The number of aliphatic hydroxyl groups excluding tert-OH is 2. The Morgan fingerprint density at radius 2 is 0.944 bits per heavy atom. The third kappa shape index (κ3) is 9.18. The first-order valence-electron chi connectivity index (χ1n) is 13.0. The van der Waals surface area contributed by atoms with E-state index >= 15 is 0 Å². The summed E-state index contributed by atoms with van der Waals surface area (Å²) in [5.74, 6) is 0. The van der Waals surface area contributed by atoms with Crippen LogP contribution in [0.1, 0.15) is 79.4 Å². The van der Waals surface area contributed by atoms with Gasteiger partial charge in [-0.1, -0.05) is 0 Å². The third-order valence-corrected chi connectivity index (χ3v) is 16.4. The van der Waals surface area contributed by atoms with Crippen LogP contribution in [0.2, 0.25) is 0 Å². The Labute approximate surface area is 226 Å². The van der Waals surface area contributed by atoms with Crippen molar-refractivity contribution in [2.24, 2.45) is 0 Å². The van der Waals surface area contributed by atoms with Crippen molar-refractivity contribution in [2.75, 3.05) is 0 Å². The monoisotopic (exact) mass is 652 g/mol. The molecule has 0 bridgehead atoms. The number of rotatable bonds is 4. The van der Waals surface area contributed by atoms with E-state index in [1.165, 1.54) is 33.4 Å². The Bertz CT molecular complexity index is 1060. The second-order valence-corrected chi connectivity index (χ2v) is 21.2. The summed E-state index contributed by atoms with van der Waals surface area (Å²) in [5, 5.41) is 16.1. The van der Waals surface area contributed by atoms with Gasteiger partial charge in [0.2, 0.25) is 0 Å². The summed E-state index contributed by atoms with van der Waals surface area (Å²) in [6.07, 6.45) is 7.04. The first-order valence-corrected chi connectivity index (χ1v) is 18.4. The van der Waals surface area contributed by atoms with Gasteiger partial charge in [-0.25, -0.2) is 0 Å². The third-order valence-electron chi connectivity index (χ3n) is 5.85. The molecule has 0 fully saturated rings. The molecule has 0 unspecified atom stereocenters. The van der Waals surface area contributed by atoms with Gasteiger partial charge in [0.05, 0.1) is 0 Å². The molecule has 0 amide bonds. The van der Waals surface area contributed by atoms with Crippen LogP contribution in [0.15, 0.2) is 90.6 Å². The Morgan fingerprint density at radius 1 is 0.639 bits per heavy atom. The van der Waals surface area contributed by atoms with Crippen molar-refractivity contribution in [3.63, 3.8) is 0 Å². The molecule has 0 atom stereocenters. The molecule has 0 saturated carbocycles. The second-order valence-electron chi connectivity index (χ2n) is 10.3. The van der Waals surface area contributed by atoms with Gasteiger partial charge in [0.1, 0.15) is 0 Å². The van der Waals surface area contributed by atoms with Crippen molar-refractivity contribution >= 4 is 14.4 Å². The summed E-state index contributed by atoms with van der Waals surface area (Å²) < 4.78 is 5.22. The van der Waals surface area contributed by atoms with Crippen LogP contribution in [-0.4, -0.2) is 25.7 Å². The standard InChI is InChI=1S/2C12H11.2C3H8O.C3H6.Hf/c2*1-10-6-5-9-12(10)11-7-3-2-4-8-11;2*1-3(2)4;1-3-2;/h2*2-4,6-8H,9H2,1H3;2*3-4H,1-2H3;1-2H3;. The molecule has 36 heavy (non-hydrogen) atoms. The molecular weight excluding hydrogens is 607 g/mol. The molecule has 0 heterocycles. The zero-order valence-electron chi connectivity index (χ0n) is 23.4. The molecular formula is C33H44HfO2. The summed E-state index contributed by atoms with van der Waals surface area (Å²) >= 11 is -2.16. The van der Waals surface area contributed by atoms with Gasteiger partial charge in [-0.05, 0) is 27.7 Å². The van der Waals surface area contributed by atoms with Crippen molar-refractivity contribution in [2.45, 2.75) is 80.4 Å². The van der Waals surface area contributed by atoms with Crippen LogP contribution >= 0.6 is 0 Å². The summed E-state index contributed by atoms with van der Waals surface area (Å²) in [7, 11) is 0. The van der Waals surface area contributed by atoms with Crippen LogP contribution in [0.25, 0.3) is 11.1 Å². The first kappa shape index (κ1) is 30.3. The first-order chi connectivity index (χ1) is 17.0. The minimum absolute atomic E-state index is 0.167. The van der Waals surface area contributed by atoms with Gasteiger partial charge in [0.25, 0.3) is 0 Å². The van der Waals surface area contributed by atoms with Crippen molar-refractivity contribution in [3.8, 4) is 0 Å². The Morgan fingerprint density at radius 3 is 1.22 bits per heavy atom. The summed E-state index contributed by atoms with van der Waals surface area (Å²) in [6, 6.07) is 21.9. The molecule has 2 aliphatic carbocycles. The number of aliphatic hydroxyl groups is 2. The molecule has 2 aromatic rings. The number of hydrogen-bond acceptors (Lipinski definition) is 2. The Kier molecular flexibility index (Phi) is 12.4. The van der Waals surface area contributed by atoms with Crippen LogP contribution in [0.5, 0.6) is 0 Å². The molecule has 3 heteroatoms. The fourth-order valence-electron chi connectivity index (χ4n) is 4.57. The van der Waals surface area contributed by atoms with Crippen molar-refractivity contribution in [1.29, 1.82) is 0 Å². The Hall–Kier alpha value is -1.94. The summed E-state index contributed by atoms with van der Waals surface area (Å²) in [6.45, 7) is 16.3. The second kappa shape index (κ2) is 14.7. The zero-order chi connectivity index (χ0) is 26.8. The van der Waals surface area contributed by atoms with E-state index in [9.17, 15) is 0 Å². The van der Waals surface area contributed by atoms with Gasteiger partial charge in [0.15, 0.2) is 0 Å². The van der Waals surface area contributed by atoms with E-state index in [4.69, 9.17) is 10.2 Å². The molecule has 2 nitrogen and oxygen atoms in total. The van der Waals surface area contributed by atoms with Gasteiger partial charge in [-0.2, -0.15) is 0 Å². The normalized spacial score (nSPS) is 14.8. The minimum atomic E-state index is -2.16. The van der Waals surface area contributed by atoms with E-state index in [0.29, 0.717) is 0 Å². The van der Waals surface area contributed by atoms with Crippen LogP contribution in [0, 0.1) is 0 Å². The topological polar surface area (TPSA) is 40.5 Å². The molecule has 0 aromatic heterocycles. The molecule has 0 spiro atoms. The maximum atomic E-state index is 8.06. The number of hydrogen-bond donors (Lipinski definition) is 2. The van der Waals surface area contributed by atoms with Crippen LogP contribution < -0.4 is 0 Å². The predicted molar refractivity (Wildman–Crippen MR) is 155 cm³/mol. The van der Waals surface area contributed by atoms with Crippen LogP contribution in [0.4, 0.5) is 0 Å². The molecule has 4 rings (SSSR count). The molecule has 192 valence electrons. The van der Waals surface area contributed by atoms with Crippen molar-refractivity contribution in [3.05, 3.63) is 102 Å². The van der Waals surface area contributed by atoms with E-state index in [0.717, 1.165) is 12.8 Å². The molecule has 2 aromatic carbocycles. The maximum absolute atomic E-state index is 8.06. The fourth-order valence-corrected chi connectivity index (χ4v) is 15.8. The Balaban J connectivity index is 0.000000501. The van der Waals surface area contributed by atoms with Gasteiger partial charge < -0.3 is 10.2 Å². The van der Waals surface area contributed by atoms with Crippen LogP contribution in [0.3, 0.4) is 0 Å². The van der Waals surface area contributed by atoms with E-state index in [1.54, 1.807) is 37.6 Å². The fraction of sp³-hybridized carbons (Fsp3) is 0.364. The number of benzene rings is 2. The quantitative estimate of drug-likeness (QED) is 0.328. The summed E-state index contributed by atoms with van der Waals surface area (Å²) in [4.78, 5) is 0. The summed E-state index contributed by atoms with van der Waals surface area (Å²) in [5.41, 5.74) is 8.79. The molecule has 0 radical (unpaired) electrons. The van der Waals surface area contributed by atoms with Gasteiger partial charge in [-0.3, -0.25) is 0 Å². The molecule has 0 aliphatic heterocycles. The van der Waals surface area contributed by atoms with E-state index in [1.807, 2.05) is 0 Å². The van der Waals surface area contributed by atoms with Gasteiger partial charge >= 0.3 is 178 Å². The molecule has 2 aliphatic rings. The average Bonchev–Trinajstić information content (AvgIpc) is 3.36. The van der Waals surface area contributed by atoms with Crippen molar-refractivity contribution < 1.29 is 31.2 Å². The predicted octanol–water partition coefficient (Wildman–Crippen LogP) is 8.11. The van der Waals surface area contributed by atoms with Crippen molar-refractivity contribution in [1.82, 2.24) is 0 Å². The van der Waals surface area contributed by atoms with E-state index in [2.05, 4.69) is 101 Å². The van der Waals surface area contributed by atoms with Gasteiger partial charge in [-0.15, -0.1) is 0 Å². The van der Waals surface area contributed by atoms with Gasteiger partial charge in [0, 0.05) is 12.2 Å². The SMILES string of the molecule is CC(C)O.CC(C)O.CC1=C(c2ccccc2)C[C]([Hf]([C]2=CC(C)=C(c3ccccc3)C2)=[C](C)C)=C1. The number of allylic oxidation sites excluding steroid dienone is 8.